The van der Waals surface area contributed by atoms with Crippen LogP contribution in [0.5, 0.6) is 0 Å². The minimum absolute atomic E-state index is 0.0215. The van der Waals surface area contributed by atoms with Crippen molar-refractivity contribution in [1.82, 2.24) is 0 Å². The number of thiophene rings is 1. The summed E-state index contributed by atoms with van der Waals surface area (Å²) in [5.41, 5.74) is 2.56. The van der Waals surface area contributed by atoms with Crippen molar-refractivity contribution >= 4 is 17.0 Å². The number of nitrogens with one attached hydrogen (secondary N) is 1. The number of benzene rings is 1. The van der Waals surface area contributed by atoms with Gasteiger partial charge in [0.15, 0.2) is 0 Å². The highest BCUT2D eigenvalue weighted by Gasteiger charge is 2.11. The minimum atomic E-state index is -0.269. The van der Waals surface area contributed by atoms with Crippen molar-refractivity contribution in [1.29, 1.82) is 0 Å². The van der Waals surface area contributed by atoms with E-state index >= 15 is 0 Å². The van der Waals surface area contributed by atoms with Gasteiger partial charge in [-0.25, -0.2) is 4.39 Å². The second-order valence-corrected chi connectivity index (χ2v) is 4.73. The van der Waals surface area contributed by atoms with Crippen LogP contribution in [0.25, 0.3) is 0 Å². The van der Waals surface area contributed by atoms with E-state index < -0.39 is 0 Å². The van der Waals surface area contributed by atoms with Crippen molar-refractivity contribution < 1.29 is 9.50 Å². The first-order valence-electron chi connectivity index (χ1n) is 5.35. The third-order valence-electron chi connectivity index (χ3n) is 2.51. The topological polar surface area (TPSA) is 32.3 Å². The lowest BCUT2D eigenvalue weighted by Gasteiger charge is -2.17. The monoisotopic (exact) mass is 251 g/mol. The van der Waals surface area contributed by atoms with Gasteiger partial charge in [-0.05, 0) is 53.1 Å². The fraction of sp³-hybridized carbons (Fsp3) is 0.231. The highest BCUT2D eigenvalue weighted by Crippen LogP contribution is 2.22. The zero-order chi connectivity index (χ0) is 12.3. The minimum Gasteiger partial charge on any atom is -0.394 e. The van der Waals surface area contributed by atoms with E-state index in [9.17, 15) is 9.50 Å². The molecule has 2 rings (SSSR count). The van der Waals surface area contributed by atoms with Crippen molar-refractivity contribution in [2.24, 2.45) is 0 Å². The number of hydrogen-bond acceptors (Lipinski definition) is 3. The van der Waals surface area contributed by atoms with Crippen LogP contribution in [0.2, 0.25) is 0 Å². The van der Waals surface area contributed by atoms with Gasteiger partial charge in [0.1, 0.15) is 5.82 Å². The van der Waals surface area contributed by atoms with Crippen LogP contribution in [0.1, 0.15) is 17.2 Å². The Balaban J connectivity index is 2.18. The van der Waals surface area contributed by atoms with Gasteiger partial charge in [0, 0.05) is 5.69 Å². The maximum Gasteiger partial charge on any atom is 0.125 e. The summed E-state index contributed by atoms with van der Waals surface area (Å²) in [7, 11) is 0. The Kier molecular flexibility index (Phi) is 3.76. The highest BCUT2D eigenvalue weighted by atomic mass is 32.1. The maximum atomic E-state index is 13.2. The normalized spacial score (nSPS) is 12.4. The van der Waals surface area contributed by atoms with E-state index in [1.807, 2.05) is 29.8 Å². The molecule has 1 aromatic carbocycles. The lowest BCUT2D eigenvalue weighted by atomic mass is 10.1. The van der Waals surface area contributed by atoms with Gasteiger partial charge in [-0.2, -0.15) is 11.3 Å². The third-order valence-corrected chi connectivity index (χ3v) is 3.21. The Morgan fingerprint density at radius 1 is 1.41 bits per heavy atom. The second kappa shape index (κ2) is 5.29. The standard InChI is InChI=1S/C13H14FNOS/c1-9-4-11(14)6-12(5-9)15-13(7-16)10-2-3-17-8-10/h2-6,8,13,15-16H,7H2,1H3. The van der Waals surface area contributed by atoms with Gasteiger partial charge in [0.05, 0.1) is 12.6 Å². The first-order chi connectivity index (χ1) is 8.19. The summed E-state index contributed by atoms with van der Waals surface area (Å²) in [4.78, 5) is 0. The van der Waals surface area contributed by atoms with Gasteiger partial charge in [-0.1, -0.05) is 0 Å². The smallest absolute Gasteiger partial charge is 0.125 e. The number of rotatable bonds is 4. The van der Waals surface area contributed by atoms with Crippen LogP contribution in [-0.2, 0) is 0 Å². The zero-order valence-electron chi connectivity index (χ0n) is 9.48. The first kappa shape index (κ1) is 12.1. The van der Waals surface area contributed by atoms with Gasteiger partial charge in [0.25, 0.3) is 0 Å². The summed E-state index contributed by atoms with van der Waals surface area (Å²) < 4.78 is 13.2. The Labute approximate surface area is 104 Å². The molecule has 0 amide bonds. The fourth-order valence-electron chi connectivity index (χ4n) is 1.73. The zero-order valence-corrected chi connectivity index (χ0v) is 10.3. The molecule has 0 fully saturated rings. The number of aryl methyl sites for hydroxylation is 1. The molecule has 4 heteroatoms. The maximum absolute atomic E-state index is 13.2. The first-order valence-corrected chi connectivity index (χ1v) is 6.30. The van der Waals surface area contributed by atoms with Crippen molar-refractivity contribution in [3.8, 4) is 0 Å². The number of halogens is 1. The summed E-state index contributed by atoms with van der Waals surface area (Å²) in [5.74, 6) is -0.269. The molecule has 0 saturated carbocycles. The van der Waals surface area contributed by atoms with E-state index in [0.717, 1.165) is 11.1 Å². The van der Waals surface area contributed by atoms with Gasteiger partial charge in [-0.15, -0.1) is 0 Å². The largest absolute Gasteiger partial charge is 0.394 e. The molecule has 0 bridgehead atoms. The van der Waals surface area contributed by atoms with Crippen molar-refractivity contribution in [2.75, 3.05) is 11.9 Å². The van der Waals surface area contributed by atoms with Crippen LogP contribution >= 0.6 is 11.3 Å². The Hall–Kier alpha value is -1.39. The van der Waals surface area contributed by atoms with Crippen LogP contribution in [0.15, 0.2) is 35.0 Å². The third kappa shape index (κ3) is 3.05. The summed E-state index contributed by atoms with van der Waals surface area (Å²) >= 11 is 1.57. The highest BCUT2D eigenvalue weighted by molar-refractivity contribution is 7.08. The van der Waals surface area contributed by atoms with E-state index in [4.69, 9.17) is 0 Å². The Morgan fingerprint density at radius 2 is 2.24 bits per heavy atom. The SMILES string of the molecule is Cc1cc(F)cc(NC(CO)c2ccsc2)c1. The number of aliphatic hydroxyl groups is 1. The summed E-state index contributed by atoms with van der Waals surface area (Å²) in [5, 5.41) is 16.4. The molecular formula is C13H14FNOS. The second-order valence-electron chi connectivity index (χ2n) is 3.95. The Bertz CT molecular complexity index is 464. The molecule has 2 aromatic rings. The van der Waals surface area contributed by atoms with E-state index in [-0.39, 0.29) is 18.5 Å². The van der Waals surface area contributed by atoms with E-state index in [1.165, 1.54) is 12.1 Å². The molecule has 1 heterocycles. The molecule has 1 unspecified atom stereocenters. The van der Waals surface area contributed by atoms with Gasteiger partial charge in [-0.3, -0.25) is 0 Å². The molecular weight excluding hydrogens is 237 g/mol. The van der Waals surface area contributed by atoms with E-state index in [2.05, 4.69) is 5.32 Å². The van der Waals surface area contributed by atoms with Gasteiger partial charge in [0.2, 0.25) is 0 Å². The van der Waals surface area contributed by atoms with Gasteiger partial charge < -0.3 is 10.4 Å². The van der Waals surface area contributed by atoms with E-state index in [1.54, 1.807) is 11.3 Å². The summed E-state index contributed by atoms with van der Waals surface area (Å²) in [6.45, 7) is 1.82. The van der Waals surface area contributed by atoms with Crippen LogP contribution in [0.4, 0.5) is 10.1 Å². The number of anilines is 1. The van der Waals surface area contributed by atoms with Crippen molar-refractivity contribution in [3.05, 3.63) is 52.0 Å². The average Bonchev–Trinajstić information content (AvgIpc) is 2.77. The summed E-state index contributed by atoms with van der Waals surface area (Å²) in [6.07, 6.45) is 0. The molecule has 0 aliphatic heterocycles. The van der Waals surface area contributed by atoms with Crippen molar-refractivity contribution in [2.45, 2.75) is 13.0 Å². The molecule has 0 radical (unpaired) electrons. The average molecular weight is 251 g/mol. The molecule has 0 saturated heterocycles. The molecule has 90 valence electrons. The molecule has 0 aliphatic rings. The predicted octanol–water partition coefficient (Wildman–Crippen LogP) is 3.34. The predicted molar refractivity (Wildman–Crippen MR) is 68.9 cm³/mol. The molecule has 0 spiro atoms. The number of aliphatic hydroxyl groups excluding tert-OH is 1. The van der Waals surface area contributed by atoms with Gasteiger partial charge >= 0.3 is 0 Å². The molecule has 2 nitrogen and oxygen atoms in total. The number of hydrogen-bond donors (Lipinski definition) is 2. The molecule has 2 N–H and O–H groups in total. The Morgan fingerprint density at radius 3 is 2.82 bits per heavy atom. The fourth-order valence-corrected chi connectivity index (χ4v) is 2.44. The lowest BCUT2D eigenvalue weighted by molar-refractivity contribution is 0.276. The van der Waals surface area contributed by atoms with E-state index in [0.29, 0.717) is 5.69 Å². The van der Waals surface area contributed by atoms with Crippen molar-refractivity contribution in [3.63, 3.8) is 0 Å². The molecule has 1 aromatic heterocycles. The molecule has 1 atom stereocenters. The molecule has 0 aliphatic carbocycles. The van der Waals surface area contributed by atoms with Crippen LogP contribution < -0.4 is 5.32 Å². The lowest BCUT2D eigenvalue weighted by Crippen LogP contribution is -2.14. The molecule has 17 heavy (non-hydrogen) atoms. The summed E-state index contributed by atoms with van der Waals surface area (Å²) in [6, 6.07) is 6.52. The van der Waals surface area contributed by atoms with Crippen LogP contribution in [-0.4, -0.2) is 11.7 Å². The quantitative estimate of drug-likeness (QED) is 0.873. The van der Waals surface area contributed by atoms with Crippen LogP contribution in [0.3, 0.4) is 0 Å². The van der Waals surface area contributed by atoms with Crippen LogP contribution in [0, 0.1) is 12.7 Å².